The van der Waals surface area contributed by atoms with E-state index in [9.17, 15) is 0 Å². The highest BCUT2D eigenvalue weighted by atomic mass is 35.5. The zero-order valence-corrected chi connectivity index (χ0v) is 12.3. The molecule has 1 nitrogen and oxygen atoms in total. The summed E-state index contributed by atoms with van der Waals surface area (Å²) in [7, 11) is 0. The van der Waals surface area contributed by atoms with Crippen LogP contribution >= 0.6 is 11.6 Å². The normalized spacial score (nSPS) is 17.5. The molecule has 0 heterocycles. The van der Waals surface area contributed by atoms with Crippen LogP contribution in [-0.4, -0.2) is 6.54 Å². The molecule has 1 atom stereocenters. The first kappa shape index (κ1) is 13.9. The number of aryl methyl sites for hydroxylation is 1. The molecule has 1 unspecified atom stereocenters. The lowest BCUT2D eigenvalue weighted by molar-refractivity contribution is 0.261. The van der Waals surface area contributed by atoms with Gasteiger partial charge < -0.3 is 5.32 Å². The summed E-state index contributed by atoms with van der Waals surface area (Å²) in [6.07, 6.45) is 6.67. The molecule has 0 saturated heterocycles. The molecule has 18 heavy (non-hydrogen) atoms. The van der Waals surface area contributed by atoms with Crippen molar-refractivity contribution in [2.45, 2.75) is 52.0 Å². The summed E-state index contributed by atoms with van der Waals surface area (Å²) in [5, 5.41) is 4.57. The summed E-state index contributed by atoms with van der Waals surface area (Å²) in [5.74, 6) is 0.916. The van der Waals surface area contributed by atoms with E-state index in [4.69, 9.17) is 11.6 Å². The van der Waals surface area contributed by atoms with Gasteiger partial charge in [0.15, 0.2) is 0 Å². The molecule has 0 aliphatic heterocycles. The minimum Gasteiger partial charge on any atom is -0.310 e. The molecule has 2 rings (SSSR count). The van der Waals surface area contributed by atoms with Gasteiger partial charge in [0.1, 0.15) is 0 Å². The van der Waals surface area contributed by atoms with Crippen LogP contribution in [0.15, 0.2) is 18.2 Å². The highest BCUT2D eigenvalue weighted by molar-refractivity contribution is 6.31. The molecule has 1 aromatic carbocycles. The van der Waals surface area contributed by atoms with Crippen LogP contribution in [0.25, 0.3) is 0 Å². The standard InChI is InChI=1S/C16H24ClN/c1-3-9-18-16(10-13-5-4-6-13)14-8-7-12(2)15(17)11-14/h7-8,11,13,16,18H,3-6,9-10H2,1-2H3. The Morgan fingerprint density at radius 1 is 1.39 bits per heavy atom. The SMILES string of the molecule is CCCNC(CC1CCC1)c1ccc(C)c(Cl)c1. The van der Waals surface area contributed by atoms with Gasteiger partial charge in [0, 0.05) is 11.1 Å². The molecule has 0 aromatic heterocycles. The van der Waals surface area contributed by atoms with Crippen molar-refractivity contribution in [1.82, 2.24) is 5.32 Å². The summed E-state index contributed by atoms with van der Waals surface area (Å²) in [4.78, 5) is 0. The highest BCUT2D eigenvalue weighted by Gasteiger charge is 2.22. The van der Waals surface area contributed by atoms with Crippen LogP contribution in [-0.2, 0) is 0 Å². The maximum absolute atomic E-state index is 6.25. The Balaban J connectivity index is 2.07. The van der Waals surface area contributed by atoms with Crippen molar-refractivity contribution in [2.75, 3.05) is 6.54 Å². The van der Waals surface area contributed by atoms with Gasteiger partial charge in [-0.05, 0) is 49.4 Å². The maximum atomic E-state index is 6.25. The summed E-state index contributed by atoms with van der Waals surface area (Å²) < 4.78 is 0. The Hall–Kier alpha value is -0.530. The zero-order valence-electron chi connectivity index (χ0n) is 11.5. The van der Waals surface area contributed by atoms with E-state index in [0.29, 0.717) is 6.04 Å². The van der Waals surface area contributed by atoms with Crippen LogP contribution in [0.3, 0.4) is 0 Å². The molecule has 1 saturated carbocycles. The van der Waals surface area contributed by atoms with Gasteiger partial charge in [0.25, 0.3) is 0 Å². The quantitative estimate of drug-likeness (QED) is 0.773. The smallest absolute Gasteiger partial charge is 0.0438 e. The minimum absolute atomic E-state index is 0.480. The molecule has 1 aliphatic carbocycles. The van der Waals surface area contributed by atoms with E-state index in [1.807, 2.05) is 0 Å². The van der Waals surface area contributed by atoms with E-state index in [2.05, 4.69) is 37.4 Å². The molecule has 100 valence electrons. The summed E-state index contributed by atoms with van der Waals surface area (Å²) in [5.41, 5.74) is 2.52. The van der Waals surface area contributed by atoms with Crippen molar-refractivity contribution in [1.29, 1.82) is 0 Å². The van der Waals surface area contributed by atoms with E-state index >= 15 is 0 Å². The monoisotopic (exact) mass is 265 g/mol. The summed E-state index contributed by atoms with van der Waals surface area (Å²) in [6, 6.07) is 6.99. The number of rotatable bonds is 6. The van der Waals surface area contributed by atoms with Gasteiger partial charge in [-0.15, -0.1) is 0 Å². The van der Waals surface area contributed by atoms with Crippen molar-refractivity contribution in [2.24, 2.45) is 5.92 Å². The van der Waals surface area contributed by atoms with Crippen LogP contribution in [0.5, 0.6) is 0 Å². The van der Waals surface area contributed by atoms with E-state index in [0.717, 1.165) is 17.5 Å². The van der Waals surface area contributed by atoms with Gasteiger partial charge in [-0.25, -0.2) is 0 Å². The molecule has 0 bridgehead atoms. The predicted molar refractivity (Wildman–Crippen MR) is 79.2 cm³/mol. The molecule has 0 spiro atoms. The molecular weight excluding hydrogens is 242 g/mol. The van der Waals surface area contributed by atoms with E-state index < -0.39 is 0 Å². The Bertz CT molecular complexity index is 385. The van der Waals surface area contributed by atoms with Crippen molar-refractivity contribution in [3.63, 3.8) is 0 Å². The van der Waals surface area contributed by atoms with Crippen molar-refractivity contribution < 1.29 is 0 Å². The first-order valence-electron chi connectivity index (χ1n) is 7.20. The molecule has 1 N–H and O–H groups in total. The third-order valence-corrected chi connectivity index (χ3v) is 4.44. The van der Waals surface area contributed by atoms with E-state index in [1.54, 1.807) is 0 Å². The van der Waals surface area contributed by atoms with Gasteiger partial charge >= 0.3 is 0 Å². The van der Waals surface area contributed by atoms with Gasteiger partial charge in [-0.2, -0.15) is 0 Å². The topological polar surface area (TPSA) is 12.0 Å². The minimum atomic E-state index is 0.480. The van der Waals surface area contributed by atoms with Crippen LogP contribution in [0.4, 0.5) is 0 Å². The fourth-order valence-electron chi connectivity index (χ4n) is 2.54. The number of halogens is 1. The summed E-state index contributed by atoms with van der Waals surface area (Å²) >= 11 is 6.25. The molecule has 2 heteroatoms. The Kier molecular flexibility index (Phi) is 5.08. The largest absolute Gasteiger partial charge is 0.310 e. The lowest BCUT2D eigenvalue weighted by Gasteiger charge is -2.30. The maximum Gasteiger partial charge on any atom is 0.0438 e. The third-order valence-electron chi connectivity index (χ3n) is 4.03. The van der Waals surface area contributed by atoms with Crippen LogP contribution < -0.4 is 5.32 Å². The fourth-order valence-corrected chi connectivity index (χ4v) is 2.73. The van der Waals surface area contributed by atoms with E-state index in [1.165, 1.54) is 43.2 Å². The molecule has 1 fully saturated rings. The van der Waals surface area contributed by atoms with Gasteiger partial charge in [-0.1, -0.05) is 49.9 Å². The summed E-state index contributed by atoms with van der Waals surface area (Å²) in [6.45, 7) is 5.37. The number of nitrogens with one attached hydrogen (secondary N) is 1. The number of hydrogen-bond donors (Lipinski definition) is 1. The predicted octanol–water partition coefficient (Wildman–Crippen LogP) is 4.88. The second-order valence-corrected chi connectivity index (χ2v) is 5.96. The molecule has 1 aliphatic rings. The van der Waals surface area contributed by atoms with Crippen LogP contribution in [0, 0.1) is 12.8 Å². The Morgan fingerprint density at radius 3 is 2.72 bits per heavy atom. The third kappa shape index (κ3) is 3.49. The highest BCUT2D eigenvalue weighted by Crippen LogP contribution is 2.35. The molecule has 0 radical (unpaired) electrons. The van der Waals surface area contributed by atoms with E-state index in [-0.39, 0.29) is 0 Å². The molecule has 1 aromatic rings. The Labute approximate surface area is 116 Å². The van der Waals surface area contributed by atoms with Gasteiger partial charge in [0.05, 0.1) is 0 Å². The van der Waals surface area contributed by atoms with Crippen molar-refractivity contribution in [3.05, 3.63) is 34.3 Å². The average molecular weight is 266 g/mol. The van der Waals surface area contributed by atoms with Crippen LogP contribution in [0.2, 0.25) is 5.02 Å². The van der Waals surface area contributed by atoms with Gasteiger partial charge in [-0.3, -0.25) is 0 Å². The fraction of sp³-hybridized carbons (Fsp3) is 0.625. The number of benzene rings is 1. The lowest BCUT2D eigenvalue weighted by Crippen LogP contribution is -2.26. The van der Waals surface area contributed by atoms with Crippen molar-refractivity contribution in [3.8, 4) is 0 Å². The van der Waals surface area contributed by atoms with Crippen molar-refractivity contribution >= 4 is 11.6 Å². The second-order valence-electron chi connectivity index (χ2n) is 5.55. The molecule has 0 amide bonds. The van der Waals surface area contributed by atoms with Crippen LogP contribution in [0.1, 0.15) is 56.2 Å². The number of hydrogen-bond acceptors (Lipinski definition) is 1. The first-order valence-corrected chi connectivity index (χ1v) is 7.58. The molecular formula is C16H24ClN. The van der Waals surface area contributed by atoms with Gasteiger partial charge in [0.2, 0.25) is 0 Å². The lowest BCUT2D eigenvalue weighted by atomic mass is 9.79. The Morgan fingerprint density at radius 2 is 2.17 bits per heavy atom. The average Bonchev–Trinajstić information content (AvgIpc) is 2.31. The first-order chi connectivity index (χ1) is 8.70. The zero-order chi connectivity index (χ0) is 13.0. The second kappa shape index (κ2) is 6.58.